The molecule has 0 radical (unpaired) electrons. The normalized spacial score (nSPS) is 12.7. The van der Waals surface area contributed by atoms with Crippen molar-refractivity contribution >= 4 is 23.1 Å². The molecule has 0 aromatic carbocycles. The van der Waals surface area contributed by atoms with Gasteiger partial charge in [0.15, 0.2) is 0 Å². The summed E-state index contributed by atoms with van der Waals surface area (Å²) in [4.78, 5) is 16.1. The molecule has 0 N–H and O–H groups in total. The van der Waals surface area contributed by atoms with Crippen LogP contribution in [0.25, 0.3) is 5.52 Å². The first-order valence-electron chi connectivity index (χ1n) is 5.83. The minimum atomic E-state index is -0.421. The molecule has 1 atom stereocenters. The number of aromatic nitrogens is 2. The van der Waals surface area contributed by atoms with Gasteiger partial charge < -0.3 is 4.74 Å². The quantitative estimate of drug-likeness (QED) is 0.801. The van der Waals surface area contributed by atoms with Gasteiger partial charge in [-0.25, -0.2) is 9.78 Å². The lowest BCUT2D eigenvalue weighted by Gasteiger charge is -2.08. The van der Waals surface area contributed by atoms with Gasteiger partial charge in [-0.15, -0.1) is 0 Å². The standard InChI is InChI=1S/C13H15ClN2O2/c1-4-8(2)12-10-5-9(14)6-11(13(17)18-3)16(10)7-15-12/h5-8H,4H2,1-3H3. The first-order valence-corrected chi connectivity index (χ1v) is 6.21. The monoisotopic (exact) mass is 266 g/mol. The molecule has 1 unspecified atom stereocenters. The van der Waals surface area contributed by atoms with Crippen LogP contribution >= 0.6 is 11.6 Å². The summed E-state index contributed by atoms with van der Waals surface area (Å²) in [6.45, 7) is 4.20. The molecular formula is C13H15ClN2O2. The van der Waals surface area contributed by atoms with E-state index >= 15 is 0 Å². The summed E-state index contributed by atoms with van der Waals surface area (Å²) in [6, 6.07) is 3.41. The van der Waals surface area contributed by atoms with Crippen molar-refractivity contribution in [3.8, 4) is 0 Å². The highest BCUT2D eigenvalue weighted by atomic mass is 35.5. The third-order valence-corrected chi connectivity index (χ3v) is 3.33. The largest absolute Gasteiger partial charge is 0.464 e. The van der Waals surface area contributed by atoms with Crippen molar-refractivity contribution in [1.29, 1.82) is 0 Å². The number of ether oxygens (including phenoxy) is 1. The lowest BCUT2D eigenvalue weighted by Crippen LogP contribution is -2.07. The Kier molecular flexibility index (Phi) is 3.57. The molecule has 0 amide bonds. The molecule has 0 aliphatic rings. The average molecular weight is 267 g/mol. The second-order valence-corrected chi connectivity index (χ2v) is 4.68. The Bertz CT molecular complexity index is 592. The van der Waals surface area contributed by atoms with E-state index in [0.717, 1.165) is 17.6 Å². The number of pyridine rings is 1. The Labute approximate surface area is 111 Å². The minimum absolute atomic E-state index is 0.318. The Morgan fingerprint density at radius 2 is 2.28 bits per heavy atom. The first-order chi connectivity index (χ1) is 8.58. The maximum absolute atomic E-state index is 11.7. The van der Waals surface area contributed by atoms with Crippen LogP contribution in [-0.2, 0) is 4.74 Å². The number of hydrogen-bond acceptors (Lipinski definition) is 3. The van der Waals surface area contributed by atoms with Gasteiger partial charge in [0.05, 0.1) is 18.3 Å². The van der Waals surface area contributed by atoms with Crippen LogP contribution in [0.3, 0.4) is 0 Å². The molecule has 5 heteroatoms. The van der Waals surface area contributed by atoms with Crippen LogP contribution in [0, 0.1) is 0 Å². The Morgan fingerprint density at radius 1 is 1.56 bits per heavy atom. The van der Waals surface area contributed by atoms with Crippen LogP contribution in [0.4, 0.5) is 0 Å². The second-order valence-electron chi connectivity index (χ2n) is 4.24. The molecular weight excluding hydrogens is 252 g/mol. The molecule has 0 saturated heterocycles. The molecule has 2 heterocycles. The number of esters is 1. The van der Waals surface area contributed by atoms with Crippen LogP contribution in [0.2, 0.25) is 5.02 Å². The number of imidazole rings is 1. The zero-order valence-corrected chi connectivity index (χ0v) is 11.4. The number of carbonyl (C=O) groups is 1. The van der Waals surface area contributed by atoms with Crippen LogP contribution in [0.15, 0.2) is 18.5 Å². The van der Waals surface area contributed by atoms with Gasteiger partial charge in [-0.05, 0) is 18.6 Å². The van der Waals surface area contributed by atoms with Crippen LogP contribution in [0.1, 0.15) is 42.4 Å². The number of methoxy groups -OCH3 is 1. The van der Waals surface area contributed by atoms with E-state index in [4.69, 9.17) is 16.3 Å². The zero-order chi connectivity index (χ0) is 13.3. The fourth-order valence-electron chi connectivity index (χ4n) is 1.91. The molecule has 2 aromatic rings. The summed E-state index contributed by atoms with van der Waals surface area (Å²) in [5.41, 5.74) is 2.20. The number of rotatable bonds is 3. The molecule has 0 spiro atoms. The van der Waals surface area contributed by atoms with Crippen molar-refractivity contribution in [3.05, 3.63) is 34.9 Å². The van der Waals surface area contributed by atoms with Gasteiger partial charge in [0.1, 0.15) is 12.0 Å². The van der Waals surface area contributed by atoms with E-state index in [9.17, 15) is 4.79 Å². The molecule has 18 heavy (non-hydrogen) atoms. The Hall–Kier alpha value is -1.55. The molecule has 0 saturated carbocycles. The predicted molar refractivity (Wildman–Crippen MR) is 70.2 cm³/mol. The van der Waals surface area contributed by atoms with Gasteiger partial charge in [0.2, 0.25) is 0 Å². The van der Waals surface area contributed by atoms with E-state index in [0.29, 0.717) is 16.6 Å². The molecule has 0 bridgehead atoms. The zero-order valence-electron chi connectivity index (χ0n) is 10.6. The van der Waals surface area contributed by atoms with Crippen molar-refractivity contribution in [3.63, 3.8) is 0 Å². The Morgan fingerprint density at radius 3 is 2.89 bits per heavy atom. The Balaban J connectivity index is 2.68. The first kappa shape index (κ1) is 12.9. The number of fused-ring (bicyclic) bond motifs is 1. The second kappa shape index (κ2) is 4.98. The molecule has 4 nitrogen and oxygen atoms in total. The summed E-state index contributed by atoms with van der Waals surface area (Å²) >= 11 is 6.05. The minimum Gasteiger partial charge on any atom is -0.464 e. The lowest BCUT2D eigenvalue weighted by atomic mass is 10.0. The van der Waals surface area contributed by atoms with Crippen molar-refractivity contribution in [2.75, 3.05) is 7.11 Å². The summed E-state index contributed by atoms with van der Waals surface area (Å²) < 4.78 is 6.47. The van der Waals surface area contributed by atoms with Crippen LogP contribution in [-0.4, -0.2) is 22.5 Å². The van der Waals surface area contributed by atoms with E-state index in [1.165, 1.54) is 7.11 Å². The van der Waals surface area contributed by atoms with Crippen molar-refractivity contribution in [2.45, 2.75) is 26.2 Å². The average Bonchev–Trinajstić information content (AvgIpc) is 2.79. The summed E-state index contributed by atoms with van der Waals surface area (Å²) in [5.74, 6) is -0.102. The third kappa shape index (κ3) is 2.08. The predicted octanol–water partition coefficient (Wildman–Crippen LogP) is 3.29. The fraction of sp³-hybridized carbons (Fsp3) is 0.385. The highest BCUT2D eigenvalue weighted by molar-refractivity contribution is 6.31. The van der Waals surface area contributed by atoms with Crippen molar-refractivity contribution in [2.24, 2.45) is 0 Å². The van der Waals surface area contributed by atoms with Gasteiger partial charge in [-0.3, -0.25) is 4.40 Å². The summed E-state index contributed by atoms with van der Waals surface area (Å²) in [6.07, 6.45) is 2.62. The SMILES string of the molecule is CCC(C)c1ncn2c(C(=O)OC)cc(Cl)cc12. The molecule has 2 aromatic heterocycles. The van der Waals surface area contributed by atoms with E-state index < -0.39 is 5.97 Å². The van der Waals surface area contributed by atoms with E-state index in [-0.39, 0.29) is 0 Å². The van der Waals surface area contributed by atoms with E-state index in [1.54, 1.807) is 16.8 Å². The van der Waals surface area contributed by atoms with Gasteiger partial charge in [0.25, 0.3) is 0 Å². The van der Waals surface area contributed by atoms with Crippen molar-refractivity contribution in [1.82, 2.24) is 9.38 Å². The smallest absolute Gasteiger partial charge is 0.355 e. The summed E-state index contributed by atoms with van der Waals surface area (Å²) in [5, 5.41) is 0.507. The molecule has 0 aliphatic heterocycles. The molecule has 2 rings (SSSR count). The topological polar surface area (TPSA) is 43.6 Å². The van der Waals surface area contributed by atoms with Crippen LogP contribution < -0.4 is 0 Å². The summed E-state index contributed by atoms with van der Waals surface area (Å²) in [7, 11) is 1.35. The highest BCUT2D eigenvalue weighted by Gasteiger charge is 2.17. The van der Waals surface area contributed by atoms with Crippen LogP contribution in [0.5, 0.6) is 0 Å². The van der Waals surface area contributed by atoms with Gasteiger partial charge in [0, 0.05) is 10.9 Å². The maximum atomic E-state index is 11.7. The number of halogens is 1. The number of carbonyl (C=O) groups excluding carboxylic acids is 1. The van der Waals surface area contributed by atoms with E-state index in [2.05, 4.69) is 18.8 Å². The molecule has 0 fully saturated rings. The van der Waals surface area contributed by atoms with Gasteiger partial charge >= 0.3 is 5.97 Å². The van der Waals surface area contributed by atoms with Crippen molar-refractivity contribution < 1.29 is 9.53 Å². The maximum Gasteiger partial charge on any atom is 0.355 e. The molecule has 96 valence electrons. The third-order valence-electron chi connectivity index (χ3n) is 3.12. The number of hydrogen-bond donors (Lipinski definition) is 0. The van der Waals surface area contributed by atoms with Gasteiger partial charge in [-0.1, -0.05) is 25.4 Å². The highest BCUT2D eigenvalue weighted by Crippen LogP contribution is 2.26. The lowest BCUT2D eigenvalue weighted by molar-refractivity contribution is 0.0592. The van der Waals surface area contributed by atoms with E-state index in [1.807, 2.05) is 6.07 Å². The fourth-order valence-corrected chi connectivity index (χ4v) is 2.12. The number of nitrogens with zero attached hydrogens (tertiary/aromatic N) is 2. The molecule has 0 aliphatic carbocycles. The van der Waals surface area contributed by atoms with Gasteiger partial charge in [-0.2, -0.15) is 0 Å².